The lowest BCUT2D eigenvalue weighted by Crippen LogP contribution is -2.50. The number of likely N-dealkylation sites (tertiary alicyclic amines) is 1. The van der Waals surface area contributed by atoms with Gasteiger partial charge in [0.05, 0.1) is 30.3 Å². The fourth-order valence-electron chi connectivity index (χ4n) is 5.30. The highest BCUT2D eigenvalue weighted by Gasteiger charge is 2.41. The number of fused-ring (bicyclic) bond motifs is 2. The van der Waals surface area contributed by atoms with E-state index in [9.17, 15) is 4.79 Å². The Hall–Kier alpha value is -0.410. The monoisotopic (exact) mass is 477 g/mol. The van der Waals surface area contributed by atoms with Gasteiger partial charge in [-0.25, -0.2) is 0 Å². The Kier molecular flexibility index (Phi) is 8.46. The number of amides is 1. The Balaban J connectivity index is 0.00000128. The third kappa shape index (κ3) is 4.68. The smallest absolute Gasteiger partial charge is 0.263 e. The maximum absolute atomic E-state index is 13.2. The SMILES string of the molecule is Cl.Cl.O=C(c1cc2c(s1)CCOC21CCNCC1)N1CCC(N2CCOCC2)CC1. The van der Waals surface area contributed by atoms with Gasteiger partial charge in [-0.1, -0.05) is 0 Å². The molecule has 9 heteroatoms. The van der Waals surface area contributed by atoms with Crippen LogP contribution in [0.5, 0.6) is 0 Å². The highest BCUT2D eigenvalue weighted by atomic mass is 35.5. The van der Waals surface area contributed by atoms with Gasteiger partial charge < -0.3 is 19.7 Å². The van der Waals surface area contributed by atoms with Crippen molar-refractivity contribution in [2.24, 2.45) is 0 Å². The molecule has 0 atom stereocenters. The zero-order chi connectivity index (χ0) is 19.0. The topological polar surface area (TPSA) is 54.0 Å². The molecule has 0 unspecified atom stereocenters. The Labute approximate surface area is 195 Å². The van der Waals surface area contributed by atoms with Crippen LogP contribution in [0, 0.1) is 0 Å². The predicted octanol–water partition coefficient (Wildman–Crippen LogP) is 2.68. The number of carbonyl (C=O) groups excluding carboxylic acids is 1. The molecule has 0 bridgehead atoms. The molecule has 3 saturated heterocycles. The number of nitrogens with one attached hydrogen (secondary N) is 1. The van der Waals surface area contributed by atoms with E-state index in [1.165, 1.54) is 10.4 Å². The van der Waals surface area contributed by atoms with E-state index in [2.05, 4.69) is 21.2 Å². The highest BCUT2D eigenvalue weighted by molar-refractivity contribution is 7.14. The standard InChI is InChI=1S/C21H31N3O3S.2ClH/c25-20(24-8-1-16(2-9-24)23-10-13-26-14-11-23)19-15-17-18(28-19)3-12-27-21(17)4-6-22-7-5-21;;/h15-16,22H,1-14H2;2*1H. The van der Waals surface area contributed by atoms with Crippen LogP contribution in [-0.4, -0.2) is 80.8 Å². The molecule has 170 valence electrons. The summed E-state index contributed by atoms with van der Waals surface area (Å²) in [5.74, 6) is 0.226. The van der Waals surface area contributed by atoms with Crippen molar-refractivity contribution >= 4 is 42.1 Å². The number of hydrogen-bond acceptors (Lipinski definition) is 6. The molecule has 6 nitrogen and oxygen atoms in total. The second kappa shape index (κ2) is 10.5. The Morgan fingerprint density at radius 3 is 2.47 bits per heavy atom. The molecule has 5 rings (SSSR count). The number of morpholine rings is 1. The summed E-state index contributed by atoms with van der Waals surface area (Å²) in [5.41, 5.74) is 1.15. The quantitative estimate of drug-likeness (QED) is 0.709. The number of nitrogens with zero attached hydrogens (tertiary/aromatic N) is 2. The minimum Gasteiger partial charge on any atom is -0.379 e. The summed E-state index contributed by atoms with van der Waals surface area (Å²) in [7, 11) is 0. The van der Waals surface area contributed by atoms with Gasteiger partial charge in [-0.2, -0.15) is 0 Å². The first-order chi connectivity index (χ1) is 13.8. The molecule has 0 radical (unpaired) electrons. The molecule has 30 heavy (non-hydrogen) atoms. The van der Waals surface area contributed by atoms with E-state index in [1.54, 1.807) is 11.3 Å². The molecule has 0 aromatic carbocycles. The second-order valence-electron chi connectivity index (χ2n) is 8.46. The minimum absolute atomic E-state index is 0. The van der Waals surface area contributed by atoms with Gasteiger partial charge in [-0.15, -0.1) is 36.2 Å². The molecule has 5 heterocycles. The van der Waals surface area contributed by atoms with Gasteiger partial charge in [0.25, 0.3) is 5.91 Å². The largest absolute Gasteiger partial charge is 0.379 e. The summed E-state index contributed by atoms with van der Waals surface area (Å²) in [6.45, 7) is 8.27. The van der Waals surface area contributed by atoms with Crippen LogP contribution in [0.15, 0.2) is 6.07 Å². The second-order valence-corrected chi connectivity index (χ2v) is 9.60. The van der Waals surface area contributed by atoms with Crippen molar-refractivity contribution in [1.29, 1.82) is 0 Å². The molecule has 0 aliphatic carbocycles. The number of piperidine rings is 2. The zero-order valence-corrected chi connectivity index (χ0v) is 19.8. The Morgan fingerprint density at radius 1 is 1.07 bits per heavy atom. The fraction of sp³-hybridized carbons (Fsp3) is 0.762. The number of rotatable bonds is 2. The number of carbonyl (C=O) groups is 1. The molecule has 1 aromatic rings. The van der Waals surface area contributed by atoms with Gasteiger partial charge in [-0.3, -0.25) is 9.69 Å². The van der Waals surface area contributed by atoms with Gasteiger partial charge >= 0.3 is 0 Å². The summed E-state index contributed by atoms with van der Waals surface area (Å²) in [5, 5.41) is 3.44. The molecule has 4 aliphatic heterocycles. The van der Waals surface area contributed by atoms with Crippen molar-refractivity contribution in [3.8, 4) is 0 Å². The van der Waals surface area contributed by atoms with Crippen molar-refractivity contribution in [2.75, 3.05) is 59.1 Å². The summed E-state index contributed by atoms with van der Waals surface area (Å²) >= 11 is 1.72. The first-order valence-corrected chi connectivity index (χ1v) is 11.7. The van der Waals surface area contributed by atoms with E-state index < -0.39 is 0 Å². The van der Waals surface area contributed by atoms with E-state index in [4.69, 9.17) is 9.47 Å². The van der Waals surface area contributed by atoms with Crippen LogP contribution in [0.3, 0.4) is 0 Å². The molecule has 1 aromatic heterocycles. The zero-order valence-electron chi connectivity index (χ0n) is 17.4. The van der Waals surface area contributed by atoms with Crippen molar-refractivity contribution in [3.63, 3.8) is 0 Å². The van der Waals surface area contributed by atoms with E-state index >= 15 is 0 Å². The van der Waals surface area contributed by atoms with Crippen LogP contribution in [0.4, 0.5) is 0 Å². The fourth-order valence-corrected chi connectivity index (χ4v) is 6.50. The maximum atomic E-state index is 13.2. The number of hydrogen-bond donors (Lipinski definition) is 1. The molecule has 4 aliphatic rings. The number of ether oxygens (including phenoxy) is 2. The minimum atomic E-state index is -0.156. The molecule has 1 amide bonds. The van der Waals surface area contributed by atoms with Gasteiger partial charge in [0, 0.05) is 43.5 Å². The van der Waals surface area contributed by atoms with E-state index in [-0.39, 0.29) is 36.3 Å². The average Bonchev–Trinajstić information content (AvgIpc) is 3.21. The first-order valence-electron chi connectivity index (χ1n) is 10.8. The molecule has 1 spiro atoms. The van der Waals surface area contributed by atoms with Crippen LogP contribution in [0.2, 0.25) is 0 Å². The molecule has 3 fully saturated rings. The number of halogens is 2. The predicted molar refractivity (Wildman–Crippen MR) is 124 cm³/mol. The molecular formula is C21H33Cl2N3O3S. The van der Waals surface area contributed by atoms with Crippen LogP contribution < -0.4 is 5.32 Å². The maximum Gasteiger partial charge on any atom is 0.263 e. The summed E-state index contributed by atoms with van der Waals surface area (Å²) in [6.07, 6.45) is 5.12. The van der Waals surface area contributed by atoms with Gasteiger partial charge in [0.1, 0.15) is 0 Å². The summed E-state index contributed by atoms with van der Waals surface area (Å²) in [4.78, 5) is 20.1. The van der Waals surface area contributed by atoms with Crippen molar-refractivity contribution in [3.05, 3.63) is 21.4 Å². The molecule has 0 saturated carbocycles. The lowest BCUT2D eigenvalue weighted by Gasteiger charge is -2.40. The lowest BCUT2D eigenvalue weighted by atomic mass is 9.83. The van der Waals surface area contributed by atoms with Crippen LogP contribution in [-0.2, 0) is 21.5 Å². The third-order valence-corrected chi connectivity index (χ3v) is 8.13. The third-order valence-electron chi connectivity index (χ3n) is 6.94. The number of thiophene rings is 1. The van der Waals surface area contributed by atoms with Gasteiger partial charge in [-0.05, 0) is 50.4 Å². The van der Waals surface area contributed by atoms with E-state index in [0.29, 0.717) is 6.04 Å². The van der Waals surface area contributed by atoms with Crippen molar-refractivity contribution in [1.82, 2.24) is 15.1 Å². The lowest BCUT2D eigenvalue weighted by molar-refractivity contribution is -0.0792. The highest BCUT2D eigenvalue weighted by Crippen LogP contribution is 2.43. The summed E-state index contributed by atoms with van der Waals surface area (Å²) in [6, 6.07) is 2.77. The Morgan fingerprint density at radius 2 is 1.77 bits per heavy atom. The Bertz CT molecular complexity index is 712. The molecule has 1 N–H and O–H groups in total. The van der Waals surface area contributed by atoms with Crippen LogP contribution in [0.25, 0.3) is 0 Å². The van der Waals surface area contributed by atoms with Crippen LogP contribution >= 0.6 is 36.2 Å². The first kappa shape index (κ1) is 24.2. The normalized spacial score (nSPS) is 24.6. The van der Waals surface area contributed by atoms with E-state index in [0.717, 1.165) is 96.1 Å². The van der Waals surface area contributed by atoms with Crippen molar-refractivity contribution < 1.29 is 14.3 Å². The van der Waals surface area contributed by atoms with Crippen molar-refractivity contribution in [2.45, 2.75) is 43.7 Å². The van der Waals surface area contributed by atoms with Gasteiger partial charge in [0.2, 0.25) is 0 Å². The van der Waals surface area contributed by atoms with E-state index in [1.807, 2.05) is 0 Å². The molecular weight excluding hydrogens is 445 g/mol. The van der Waals surface area contributed by atoms with Crippen LogP contribution in [0.1, 0.15) is 45.8 Å². The van der Waals surface area contributed by atoms with Gasteiger partial charge in [0.15, 0.2) is 0 Å². The average molecular weight is 478 g/mol. The summed E-state index contributed by atoms with van der Waals surface area (Å²) < 4.78 is 11.8.